The zero-order chi connectivity index (χ0) is 16.3. The topological polar surface area (TPSA) is 81.7 Å². The minimum atomic E-state index is -1.78. The predicted molar refractivity (Wildman–Crippen MR) is 78.5 cm³/mol. The lowest BCUT2D eigenvalue weighted by atomic mass is 9.92. The summed E-state index contributed by atoms with van der Waals surface area (Å²) in [4.78, 5) is 35.9. The van der Waals surface area contributed by atoms with Gasteiger partial charge >= 0.3 is 11.9 Å². The third-order valence-corrected chi connectivity index (χ3v) is 2.73. The Morgan fingerprint density at radius 1 is 1.00 bits per heavy atom. The van der Waals surface area contributed by atoms with Gasteiger partial charge in [-0.2, -0.15) is 0 Å². The number of rotatable bonds is 9. The van der Waals surface area contributed by atoms with Gasteiger partial charge in [0.15, 0.2) is 0 Å². The summed E-state index contributed by atoms with van der Waals surface area (Å²) < 4.78 is 9.91. The minimum Gasteiger partial charge on any atom is -0.464 e. The predicted octanol–water partition coefficient (Wildman–Crippen LogP) is 1.73. The van der Waals surface area contributed by atoms with Crippen LogP contribution in [0.5, 0.6) is 0 Å². The van der Waals surface area contributed by atoms with E-state index in [1.807, 2.05) is 19.1 Å². The van der Waals surface area contributed by atoms with E-state index in [-0.39, 0.29) is 19.6 Å². The van der Waals surface area contributed by atoms with E-state index in [2.05, 4.69) is 5.32 Å². The van der Waals surface area contributed by atoms with E-state index in [0.29, 0.717) is 6.42 Å². The third kappa shape index (κ3) is 5.97. The Labute approximate surface area is 125 Å². The van der Waals surface area contributed by atoms with Crippen LogP contribution in [-0.2, 0) is 23.9 Å². The van der Waals surface area contributed by atoms with E-state index in [4.69, 9.17) is 9.47 Å². The molecule has 6 nitrogen and oxygen atoms in total. The number of allylic oxidation sites excluding steroid dienone is 2. The number of ether oxygens (including phenoxy) is 2. The van der Waals surface area contributed by atoms with Crippen LogP contribution in [-0.4, -0.2) is 36.6 Å². The fourth-order valence-electron chi connectivity index (χ4n) is 1.85. The van der Waals surface area contributed by atoms with Crippen LogP contribution in [0.25, 0.3) is 0 Å². The summed E-state index contributed by atoms with van der Waals surface area (Å²) in [6.45, 7) is 6.73. The zero-order valence-corrected chi connectivity index (χ0v) is 13.2. The normalized spacial score (nSPS) is 11.2. The molecule has 0 radical (unpaired) electrons. The summed E-state index contributed by atoms with van der Waals surface area (Å²) in [5, 5.41) is 2.42. The standard InChI is InChI=1S/C15H25NO5/c1-5-8-9-10-11-15(16-12(4)17,13(18)20-6-2)14(19)21-7-3/h8-9H,5-7,10-11H2,1-4H3,(H,16,17). The molecule has 120 valence electrons. The van der Waals surface area contributed by atoms with Crippen LogP contribution in [0.1, 0.15) is 47.0 Å². The molecule has 0 aromatic heterocycles. The number of carbonyl (C=O) groups is 3. The van der Waals surface area contributed by atoms with Crippen molar-refractivity contribution < 1.29 is 23.9 Å². The van der Waals surface area contributed by atoms with Crippen molar-refractivity contribution in [1.29, 1.82) is 0 Å². The van der Waals surface area contributed by atoms with Crippen LogP contribution in [0, 0.1) is 0 Å². The summed E-state index contributed by atoms with van der Waals surface area (Å²) in [5.74, 6) is -2.07. The highest BCUT2D eigenvalue weighted by Gasteiger charge is 2.49. The Hall–Kier alpha value is -1.85. The molecule has 6 heteroatoms. The third-order valence-electron chi connectivity index (χ3n) is 2.73. The molecule has 0 heterocycles. The van der Waals surface area contributed by atoms with Gasteiger partial charge in [-0.25, -0.2) is 9.59 Å². The Kier molecular flexibility index (Phi) is 9.08. The molecule has 0 rings (SSSR count). The SMILES string of the molecule is CCC=CCCC(NC(C)=O)(C(=O)OCC)C(=O)OCC. The zero-order valence-electron chi connectivity index (χ0n) is 13.2. The largest absolute Gasteiger partial charge is 0.464 e. The second-order valence-corrected chi connectivity index (χ2v) is 4.45. The first kappa shape index (κ1) is 19.1. The van der Waals surface area contributed by atoms with Crippen molar-refractivity contribution in [3.05, 3.63) is 12.2 Å². The maximum absolute atomic E-state index is 12.2. The fraction of sp³-hybridized carbons (Fsp3) is 0.667. The quantitative estimate of drug-likeness (QED) is 0.398. The van der Waals surface area contributed by atoms with Gasteiger partial charge in [0.1, 0.15) is 0 Å². The second-order valence-electron chi connectivity index (χ2n) is 4.45. The molecule has 21 heavy (non-hydrogen) atoms. The Bertz CT molecular complexity index is 372. The summed E-state index contributed by atoms with van der Waals surface area (Å²) in [6, 6.07) is 0. The molecule has 0 unspecified atom stereocenters. The molecule has 0 spiro atoms. The highest BCUT2D eigenvalue weighted by Crippen LogP contribution is 2.19. The van der Waals surface area contributed by atoms with E-state index in [1.54, 1.807) is 13.8 Å². The molecule has 0 aliphatic heterocycles. The second kappa shape index (κ2) is 9.96. The van der Waals surface area contributed by atoms with E-state index < -0.39 is 23.4 Å². The van der Waals surface area contributed by atoms with E-state index in [1.165, 1.54) is 6.92 Å². The van der Waals surface area contributed by atoms with E-state index >= 15 is 0 Å². The molecule has 0 aromatic carbocycles. The maximum Gasteiger partial charge on any atom is 0.343 e. The van der Waals surface area contributed by atoms with Crippen LogP contribution in [0.2, 0.25) is 0 Å². The van der Waals surface area contributed by atoms with Gasteiger partial charge in [-0.1, -0.05) is 19.1 Å². The molecular formula is C15H25NO5. The van der Waals surface area contributed by atoms with E-state index in [0.717, 1.165) is 6.42 Å². The highest BCUT2D eigenvalue weighted by molar-refractivity contribution is 6.07. The number of carbonyl (C=O) groups excluding carboxylic acids is 3. The van der Waals surface area contributed by atoms with Gasteiger partial charge in [-0.15, -0.1) is 0 Å². The highest BCUT2D eigenvalue weighted by atomic mass is 16.6. The van der Waals surface area contributed by atoms with Crippen molar-refractivity contribution in [2.24, 2.45) is 0 Å². The van der Waals surface area contributed by atoms with Crippen LogP contribution in [0.3, 0.4) is 0 Å². The lowest BCUT2D eigenvalue weighted by Gasteiger charge is -2.29. The van der Waals surface area contributed by atoms with Crippen molar-refractivity contribution in [3.8, 4) is 0 Å². The minimum absolute atomic E-state index is 0.0980. The van der Waals surface area contributed by atoms with Crippen molar-refractivity contribution in [2.75, 3.05) is 13.2 Å². The number of nitrogens with one attached hydrogen (secondary N) is 1. The Balaban J connectivity index is 5.37. The summed E-state index contributed by atoms with van der Waals surface area (Å²) >= 11 is 0. The van der Waals surface area contributed by atoms with Crippen LogP contribution >= 0.6 is 0 Å². The lowest BCUT2D eigenvalue weighted by Crippen LogP contribution is -2.61. The van der Waals surface area contributed by atoms with Crippen LogP contribution in [0.4, 0.5) is 0 Å². The van der Waals surface area contributed by atoms with Gasteiger partial charge in [-0.05, 0) is 33.1 Å². The summed E-state index contributed by atoms with van der Waals surface area (Å²) in [7, 11) is 0. The monoisotopic (exact) mass is 299 g/mol. The van der Waals surface area contributed by atoms with Gasteiger partial charge < -0.3 is 14.8 Å². The number of hydrogen-bond acceptors (Lipinski definition) is 5. The lowest BCUT2D eigenvalue weighted by molar-refractivity contribution is -0.168. The van der Waals surface area contributed by atoms with Gasteiger partial charge in [0.2, 0.25) is 11.4 Å². The average Bonchev–Trinajstić information content (AvgIpc) is 2.42. The number of esters is 2. The molecule has 0 saturated carbocycles. The molecular weight excluding hydrogens is 274 g/mol. The maximum atomic E-state index is 12.2. The molecule has 0 aromatic rings. The van der Waals surface area contributed by atoms with Crippen molar-refractivity contribution in [2.45, 2.75) is 52.5 Å². The Morgan fingerprint density at radius 2 is 1.52 bits per heavy atom. The van der Waals surface area contributed by atoms with Crippen molar-refractivity contribution in [3.63, 3.8) is 0 Å². The summed E-state index contributed by atoms with van der Waals surface area (Å²) in [5.41, 5.74) is -1.78. The first-order valence-corrected chi connectivity index (χ1v) is 7.22. The van der Waals surface area contributed by atoms with Gasteiger partial charge in [0.25, 0.3) is 0 Å². The average molecular weight is 299 g/mol. The van der Waals surface area contributed by atoms with Gasteiger partial charge in [0, 0.05) is 6.92 Å². The molecule has 0 bridgehead atoms. The van der Waals surface area contributed by atoms with Crippen molar-refractivity contribution >= 4 is 17.8 Å². The fourth-order valence-corrected chi connectivity index (χ4v) is 1.85. The molecule has 0 aliphatic rings. The molecule has 0 aliphatic carbocycles. The first-order valence-electron chi connectivity index (χ1n) is 7.22. The van der Waals surface area contributed by atoms with Gasteiger partial charge in [0.05, 0.1) is 13.2 Å². The summed E-state index contributed by atoms with van der Waals surface area (Å²) in [6.07, 6.45) is 5.18. The number of hydrogen-bond donors (Lipinski definition) is 1. The van der Waals surface area contributed by atoms with Crippen LogP contribution < -0.4 is 5.32 Å². The molecule has 0 saturated heterocycles. The van der Waals surface area contributed by atoms with Crippen molar-refractivity contribution in [1.82, 2.24) is 5.32 Å². The Morgan fingerprint density at radius 3 is 1.90 bits per heavy atom. The van der Waals surface area contributed by atoms with Crippen LogP contribution in [0.15, 0.2) is 12.2 Å². The first-order chi connectivity index (χ1) is 9.94. The molecule has 0 atom stereocenters. The molecule has 1 N–H and O–H groups in total. The smallest absolute Gasteiger partial charge is 0.343 e. The number of amides is 1. The molecule has 0 fully saturated rings. The van der Waals surface area contributed by atoms with Gasteiger partial charge in [-0.3, -0.25) is 4.79 Å². The van der Waals surface area contributed by atoms with E-state index in [9.17, 15) is 14.4 Å². The molecule has 1 amide bonds.